The minimum atomic E-state index is -0.421. The van der Waals surface area contributed by atoms with Crippen LogP contribution in [0, 0.1) is 6.92 Å². The quantitative estimate of drug-likeness (QED) is 0.786. The predicted molar refractivity (Wildman–Crippen MR) is 59.4 cm³/mol. The molecule has 0 saturated carbocycles. The number of aryl methyl sites for hydroxylation is 1. The molecule has 2 rings (SSSR count). The van der Waals surface area contributed by atoms with Crippen LogP contribution in [0.3, 0.4) is 0 Å². The summed E-state index contributed by atoms with van der Waals surface area (Å²) in [7, 11) is 0. The molecule has 5 nitrogen and oxygen atoms in total. The van der Waals surface area contributed by atoms with E-state index in [9.17, 15) is 9.59 Å². The molecule has 0 amide bonds. The van der Waals surface area contributed by atoms with E-state index in [4.69, 9.17) is 0 Å². The first-order chi connectivity index (χ1) is 7.65. The fourth-order valence-corrected chi connectivity index (χ4v) is 1.43. The van der Waals surface area contributed by atoms with Gasteiger partial charge in [0.25, 0.3) is 5.56 Å². The number of pyridine rings is 1. The highest BCUT2D eigenvalue weighted by Crippen LogP contribution is 1.98. The minimum Gasteiger partial charge on any atom is -0.295 e. The van der Waals surface area contributed by atoms with Crippen LogP contribution in [0.2, 0.25) is 0 Å². The van der Waals surface area contributed by atoms with Crippen molar-refractivity contribution in [3.05, 3.63) is 62.7 Å². The zero-order valence-electron chi connectivity index (χ0n) is 8.80. The molecule has 0 unspecified atom stereocenters. The smallest absolute Gasteiger partial charge is 0.295 e. The molecule has 0 fully saturated rings. The van der Waals surface area contributed by atoms with E-state index in [1.807, 2.05) is 25.1 Å². The summed E-state index contributed by atoms with van der Waals surface area (Å²) in [5.74, 6) is 0. The number of hydrogen-bond acceptors (Lipinski definition) is 3. The van der Waals surface area contributed by atoms with Gasteiger partial charge >= 0.3 is 5.69 Å². The summed E-state index contributed by atoms with van der Waals surface area (Å²) in [5.41, 5.74) is 0.874. The van der Waals surface area contributed by atoms with Gasteiger partial charge in [-0.25, -0.2) is 4.79 Å². The first kappa shape index (κ1) is 10.4. The highest BCUT2D eigenvalue weighted by atomic mass is 16.2. The van der Waals surface area contributed by atoms with Gasteiger partial charge in [0, 0.05) is 18.0 Å². The van der Waals surface area contributed by atoms with Gasteiger partial charge in [-0.15, -0.1) is 0 Å². The van der Waals surface area contributed by atoms with Crippen LogP contribution in [0.4, 0.5) is 0 Å². The zero-order valence-corrected chi connectivity index (χ0v) is 8.80. The second-order valence-corrected chi connectivity index (χ2v) is 3.51. The van der Waals surface area contributed by atoms with Crippen LogP contribution in [0.15, 0.2) is 40.1 Å². The van der Waals surface area contributed by atoms with Crippen molar-refractivity contribution >= 4 is 0 Å². The largest absolute Gasteiger partial charge is 0.328 e. The van der Waals surface area contributed by atoms with Crippen LogP contribution in [0.25, 0.3) is 0 Å². The lowest BCUT2D eigenvalue weighted by molar-refractivity contribution is 0.703. The molecule has 0 radical (unpaired) electrons. The van der Waals surface area contributed by atoms with Gasteiger partial charge in [0.1, 0.15) is 0 Å². The lowest BCUT2D eigenvalue weighted by atomic mass is 10.3. The second kappa shape index (κ2) is 4.14. The van der Waals surface area contributed by atoms with Crippen LogP contribution >= 0.6 is 0 Å². The maximum absolute atomic E-state index is 11.4. The summed E-state index contributed by atoms with van der Waals surface area (Å²) >= 11 is 0. The number of aromatic nitrogens is 3. The van der Waals surface area contributed by atoms with Crippen molar-refractivity contribution in [3.63, 3.8) is 0 Å². The minimum absolute atomic E-state index is 0.358. The van der Waals surface area contributed by atoms with Gasteiger partial charge in [0.15, 0.2) is 0 Å². The summed E-state index contributed by atoms with van der Waals surface area (Å²) in [6.07, 6.45) is 1.46. The Labute approximate surface area is 91.4 Å². The molecular formula is C11H11N3O2. The predicted octanol–water partition coefficient (Wildman–Crippen LogP) is 0.288. The molecule has 0 atom stereocenters. The van der Waals surface area contributed by atoms with E-state index >= 15 is 0 Å². The van der Waals surface area contributed by atoms with Crippen LogP contribution in [0.1, 0.15) is 11.4 Å². The van der Waals surface area contributed by atoms with Crippen LogP contribution < -0.4 is 11.2 Å². The van der Waals surface area contributed by atoms with Crippen LogP contribution in [0.5, 0.6) is 0 Å². The maximum atomic E-state index is 11.4. The Hall–Kier alpha value is -2.17. The van der Waals surface area contributed by atoms with Crippen molar-refractivity contribution in [1.82, 2.24) is 14.5 Å². The molecule has 0 aliphatic rings. The number of rotatable bonds is 2. The van der Waals surface area contributed by atoms with E-state index in [0.717, 1.165) is 11.4 Å². The molecule has 0 aromatic carbocycles. The first-order valence-corrected chi connectivity index (χ1v) is 4.87. The van der Waals surface area contributed by atoms with Crippen molar-refractivity contribution in [2.75, 3.05) is 0 Å². The summed E-state index contributed by atoms with van der Waals surface area (Å²) < 4.78 is 1.41. The van der Waals surface area contributed by atoms with Crippen LogP contribution in [-0.2, 0) is 6.54 Å². The van der Waals surface area contributed by atoms with Gasteiger partial charge in [-0.3, -0.25) is 19.3 Å². The molecule has 0 bridgehead atoms. The number of nitrogens with one attached hydrogen (secondary N) is 1. The van der Waals surface area contributed by atoms with Gasteiger partial charge in [0.05, 0.1) is 12.2 Å². The fraction of sp³-hybridized carbons (Fsp3) is 0.182. The molecule has 2 aromatic rings. The molecule has 0 aliphatic heterocycles. The Kier molecular flexibility index (Phi) is 2.68. The van der Waals surface area contributed by atoms with E-state index in [1.54, 1.807) is 0 Å². The zero-order chi connectivity index (χ0) is 11.5. The van der Waals surface area contributed by atoms with E-state index < -0.39 is 11.2 Å². The molecule has 2 heterocycles. The van der Waals surface area contributed by atoms with Crippen molar-refractivity contribution < 1.29 is 0 Å². The Bertz CT molecular complexity index is 613. The van der Waals surface area contributed by atoms with Crippen molar-refractivity contribution in [3.8, 4) is 0 Å². The van der Waals surface area contributed by atoms with Gasteiger partial charge in [-0.2, -0.15) is 0 Å². The third kappa shape index (κ3) is 2.25. The van der Waals surface area contributed by atoms with Gasteiger partial charge in [-0.1, -0.05) is 6.07 Å². The monoisotopic (exact) mass is 217 g/mol. The SMILES string of the molecule is Cc1cccc(Cn2ccc(=O)[nH]c2=O)n1. The van der Waals surface area contributed by atoms with Gasteiger partial charge in [-0.05, 0) is 19.1 Å². The van der Waals surface area contributed by atoms with Crippen LogP contribution in [-0.4, -0.2) is 14.5 Å². The van der Waals surface area contributed by atoms with Crippen molar-refractivity contribution in [2.45, 2.75) is 13.5 Å². The average Bonchev–Trinajstić information content (AvgIpc) is 2.22. The summed E-state index contributed by atoms with van der Waals surface area (Å²) in [6.45, 7) is 2.25. The Morgan fingerprint density at radius 2 is 2.12 bits per heavy atom. The highest BCUT2D eigenvalue weighted by molar-refractivity contribution is 5.10. The van der Waals surface area contributed by atoms with E-state index in [1.165, 1.54) is 16.8 Å². The molecule has 2 aromatic heterocycles. The topological polar surface area (TPSA) is 67.8 Å². The van der Waals surface area contributed by atoms with Crippen molar-refractivity contribution in [2.24, 2.45) is 0 Å². The Balaban J connectivity index is 2.34. The standard InChI is InChI=1S/C11H11N3O2/c1-8-3-2-4-9(12-8)7-14-6-5-10(15)13-11(14)16/h2-6H,7H2,1H3,(H,13,15,16). The molecule has 82 valence electrons. The molecular weight excluding hydrogens is 206 g/mol. The number of nitrogens with zero attached hydrogens (tertiary/aromatic N) is 2. The lowest BCUT2D eigenvalue weighted by Gasteiger charge is -2.04. The van der Waals surface area contributed by atoms with E-state index in [-0.39, 0.29) is 0 Å². The Morgan fingerprint density at radius 3 is 2.81 bits per heavy atom. The molecule has 5 heteroatoms. The van der Waals surface area contributed by atoms with E-state index in [0.29, 0.717) is 6.54 Å². The molecule has 1 N–H and O–H groups in total. The first-order valence-electron chi connectivity index (χ1n) is 4.87. The summed E-state index contributed by atoms with van der Waals surface area (Å²) in [6, 6.07) is 6.93. The number of hydrogen-bond donors (Lipinski definition) is 1. The maximum Gasteiger partial charge on any atom is 0.328 e. The molecule has 0 aliphatic carbocycles. The Morgan fingerprint density at radius 1 is 1.31 bits per heavy atom. The van der Waals surface area contributed by atoms with Crippen molar-refractivity contribution in [1.29, 1.82) is 0 Å². The lowest BCUT2D eigenvalue weighted by Crippen LogP contribution is -2.29. The fourth-order valence-electron chi connectivity index (χ4n) is 1.43. The normalized spacial score (nSPS) is 10.3. The molecule has 16 heavy (non-hydrogen) atoms. The average molecular weight is 217 g/mol. The highest BCUT2D eigenvalue weighted by Gasteiger charge is 1.99. The summed E-state index contributed by atoms with van der Waals surface area (Å²) in [4.78, 5) is 28.8. The molecule has 0 spiro atoms. The summed E-state index contributed by atoms with van der Waals surface area (Å²) in [5, 5.41) is 0. The van der Waals surface area contributed by atoms with Gasteiger partial charge in [0.2, 0.25) is 0 Å². The third-order valence-electron chi connectivity index (χ3n) is 2.18. The third-order valence-corrected chi connectivity index (χ3v) is 2.18. The molecule has 0 saturated heterocycles. The van der Waals surface area contributed by atoms with E-state index in [2.05, 4.69) is 9.97 Å². The van der Waals surface area contributed by atoms with Gasteiger partial charge < -0.3 is 0 Å². The second-order valence-electron chi connectivity index (χ2n) is 3.51. The number of H-pyrrole nitrogens is 1. The number of aromatic amines is 1.